The highest BCUT2D eigenvalue weighted by Crippen LogP contribution is 2.37. The smallest absolute Gasteiger partial charge is 0.359 e. The molecule has 0 unspecified atom stereocenters. The summed E-state index contributed by atoms with van der Waals surface area (Å²) in [6.45, 7) is 9.30. The van der Waals surface area contributed by atoms with E-state index in [1.54, 1.807) is 32.4 Å². The largest absolute Gasteiger partial charge is 0.508 e. The van der Waals surface area contributed by atoms with Crippen LogP contribution in [0.1, 0.15) is 36.8 Å². The molecule has 9 nitrogen and oxygen atoms in total. The minimum Gasteiger partial charge on any atom is -0.508 e. The minimum absolute atomic E-state index is 0.200. The van der Waals surface area contributed by atoms with Crippen LogP contribution in [-0.4, -0.2) is 72.2 Å². The summed E-state index contributed by atoms with van der Waals surface area (Å²) in [6.07, 6.45) is 0. The normalized spacial score (nSPS) is 14.4. The number of carbonyl (C=O) groups excluding carboxylic acids is 1. The number of phenolic OH excluding ortho intramolecular Hbond substituents is 1. The molecule has 2 heterocycles. The molecule has 1 N–H and O–H groups in total. The zero-order valence-electron chi connectivity index (χ0n) is 22.0. The van der Waals surface area contributed by atoms with E-state index in [4.69, 9.17) is 14.2 Å². The number of nitrogens with zero attached hydrogens (tertiary/aromatic N) is 4. The first-order chi connectivity index (χ1) is 17.7. The molecule has 0 saturated carbocycles. The number of benzene rings is 2. The van der Waals surface area contributed by atoms with Crippen molar-refractivity contribution in [3.05, 3.63) is 59.8 Å². The first-order valence-corrected chi connectivity index (χ1v) is 12.3. The number of methoxy groups -OCH3 is 2. The molecule has 196 valence electrons. The average Bonchev–Trinajstić information content (AvgIpc) is 2.88. The topological polar surface area (TPSA) is 97.2 Å². The van der Waals surface area contributed by atoms with Crippen molar-refractivity contribution in [2.45, 2.75) is 32.9 Å². The van der Waals surface area contributed by atoms with Crippen LogP contribution in [0.2, 0.25) is 0 Å². The Kier molecular flexibility index (Phi) is 7.83. The molecule has 2 aromatic carbocycles. The molecule has 9 heteroatoms. The first-order valence-electron chi connectivity index (χ1n) is 12.3. The van der Waals surface area contributed by atoms with Crippen LogP contribution in [0.15, 0.2) is 48.5 Å². The van der Waals surface area contributed by atoms with Gasteiger partial charge in [0.1, 0.15) is 22.8 Å². The molecule has 0 aliphatic carbocycles. The molecule has 37 heavy (non-hydrogen) atoms. The van der Waals surface area contributed by atoms with Gasteiger partial charge in [0.2, 0.25) is 0 Å². The number of aromatic hydroxyl groups is 1. The van der Waals surface area contributed by atoms with Crippen molar-refractivity contribution in [2.24, 2.45) is 0 Å². The van der Waals surface area contributed by atoms with E-state index in [2.05, 4.69) is 20.0 Å². The summed E-state index contributed by atoms with van der Waals surface area (Å²) in [7, 11) is 3.31. The van der Waals surface area contributed by atoms with E-state index in [0.717, 1.165) is 60.2 Å². The highest BCUT2D eigenvalue weighted by atomic mass is 16.6. The molecule has 0 radical (unpaired) electrons. The van der Waals surface area contributed by atoms with Crippen molar-refractivity contribution in [3.8, 4) is 28.4 Å². The third-order valence-corrected chi connectivity index (χ3v) is 6.12. The van der Waals surface area contributed by atoms with Crippen LogP contribution in [-0.2, 0) is 11.3 Å². The highest BCUT2D eigenvalue weighted by molar-refractivity contribution is 5.87. The van der Waals surface area contributed by atoms with Crippen LogP contribution in [0, 0.1) is 0 Å². The SMILES string of the molecule is COc1cc(-c2cccc(O)c2)cc(OC)c1CN1CCN(c2ccc(C(=O)OC(C)(C)C)nn2)CC1. The summed E-state index contributed by atoms with van der Waals surface area (Å²) in [5.74, 6) is 1.95. The Hall–Kier alpha value is -3.85. The zero-order valence-corrected chi connectivity index (χ0v) is 22.0. The fraction of sp³-hybridized carbons (Fsp3) is 0.393. The lowest BCUT2D eigenvalue weighted by Crippen LogP contribution is -2.46. The molecule has 1 aliphatic heterocycles. The van der Waals surface area contributed by atoms with E-state index in [1.807, 2.05) is 51.1 Å². The molecule has 3 aromatic rings. The van der Waals surface area contributed by atoms with Gasteiger partial charge < -0.3 is 24.2 Å². The Labute approximate surface area is 217 Å². The van der Waals surface area contributed by atoms with Crippen LogP contribution in [0.5, 0.6) is 17.2 Å². The number of ether oxygens (including phenoxy) is 3. The summed E-state index contributed by atoms with van der Waals surface area (Å²) in [4.78, 5) is 16.7. The van der Waals surface area contributed by atoms with Crippen molar-refractivity contribution in [2.75, 3.05) is 45.3 Å². The number of hydrogen-bond donors (Lipinski definition) is 1. The van der Waals surface area contributed by atoms with Gasteiger partial charge in [0.05, 0.1) is 19.8 Å². The third kappa shape index (κ3) is 6.48. The number of aromatic nitrogens is 2. The summed E-state index contributed by atoms with van der Waals surface area (Å²) in [6, 6.07) is 14.5. The lowest BCUT2D eigenvalue weighted by molar-refractivity contribution is 0.00616. The van der Waals surface area contributed by atoms with Gasteiger partial charge in [0, 0.05) is 32.7 Å². The number of piperazine rings is 1. The van der Waals surface area contributed by atoms with Crippen LogP contribution < -0.4 is 14.4 Å². The Morgan fingerprint density at radius 3 is 2.14 bits per heavy atom. The number of carbonyl (C=O) groups is 1. The van der Waals surface area contributed by atoms with Crippen molar-refractivity contribution < 1.29 is 24.1 Å². The molecule has 1 aromatic heterocycles. The quantitative estimate of drug-likeness (QED) is 0.474. The maximum Gasteiger partial charge on any atom is 0.359 e. The van der Waals surface area contributed by atoms with Gasteiger partial charge in [-0.3, -0.25) is 4.90 Å². The van der Waals surface area contributed by atoms with Crippen molar-refractivity contribution in [3.63, 3.8) is 0 Å². The van der Waals surface area contributed by atoms with Crippen molar-refractivity contribution >= 4 is 11.8 Å². The summed E-state index contributed by atoms with van der Waals surface area (Å²) in [5.41, 5.74) is 2.39. The predicted molar refractivity (Wildman–Crippen MR) is 141 cm³/mol. The van der Waals surface area contributed by atoms with Crippen molar-refractivity contribution in [1.82, 2.24) is 15.1 Å². The van der Waals surface area contributed by atoms with Crippen LogP contribution in [0.4, 0.5) is 5.82 Å². The van der Waals surface area contributed by atoms with E-state index >= 15 is 0 Å². The van der Waals surface area contributed by atoms with E-state index in [1.165, 1.54) is 0 Å². The fourth-order valence-corrected chi connectivity index (χ4v) is 4.28. The average molecular weight is 507 g/mol. The van der Waals surface area contributed by atoms with Gasteiger partial charge in [0.15, 0.2) is 11.5 Å². The molecule has 0 amide bonds. The molecule has 1 fully saturated rings. The van der Waals surface area contributed by atoms with Crippen LogP contribution in [0.3, 0.4) is 0 Å². The lowest BCUT2D eigenvalue weighted by atomic mass is 10.0. The maximum absolute atomic E-state index is 12.2. The van der Waals surface area contributed by atoms with Gasteiger partial charge in [-0.25, -0.2) is 4.79 Å². The Bertz CT molecular complexity index is 1210. The molecular weight excluding hydrogens is 472 g/mol. The standard InChI is InChI=1S/C28H34N4O5/c1-28(2,3)37-27(34)23-9-10-26(30-29-23)32-13-11-31(12-14-32)18-22-24(35-4)16-20(17-25(22)36-5)19-7-6-8-21(33)15-19/h6-10,15-17,33H,11-14,18H2,1-5H3. The third-order valence-electron chi connectivity index (χ3n) is 6.12. The van der Waals surface area contributed by atoms with E-state index in [0.29, 0.717) is 6.54 Å². The van der Waals surface area contributed by atoms with Crippen LogP contribution >= 0.6 is 0 Å². The van der Waals surface area contributed by atoms with Gasteiger partial charge in [-0.15, -0.1) is 10.2 Å². The van der Waals surface area contributed by atoms with Gasteiger partial charge in [-0.05, 0) is 68.3 Å². The summed E-state index contributed by atoms with van der Waals surface area (Å²) >= 11 is 0. The fourth-order valence-electron chi connectivity index (χ4n) is 4.28. The van der Waals surface area contributed by atoms with E-state index in [-0.39, 0.29) is 11.4 Å². The first kappa shape index (κ1) is 26.2. The van der Waals surface area contributed by atoms with Gasteiger partial charge in [0.25, 0.3) is 0 Å². The Balaban J connectivity index is 1.42. The highest BCUT2D eigenvalue weighted by Gasteiger charge is 2.23. The Morgan fingerprint density at radius 2 is 1.59 bits per heavy atom. The number of phenols is 1. The predicted octanol–water partition coefficient (Wildman–Crippen LogP) is 4.14. The molecule has 0 bridgehead atoms. The number of hydrogen-bond acceptors (Lipinski definition) is 9. The second kappa shape index (κ2) is 11.0. The number of esters is 1. The number of rotatable bonds is 7. The second-order valence-electron chi connectivity index (χ2n) is 9.95. The Morgan fingerprint density at radius 1 is 0.919 bits per heavy atom. The molecule has 1 saturated heterocycles. The second-order valence-corrected chi connectivity index (χ2v) is 9.95. The molecule has 0 spiro atoms. The summed E-state index contributed by atoms with van der Waals surface area (Å²) in [5, 5.41) is 18.2. The number of anilines is 1. The van der Waals surface area contributed by atoms with E-state index < -0.39 is 11.6 Å². The zero-order chi connectivity index (χ0) is 26.6. The lowest BCUT2D eigenvalue weighted by Gasteiger charge is -2.35. The molecular formula is C28H34N4O5. The minimum atomic E-state index is -0.579. The monoisotopic (exact) mass is 506 g/mol. The molecule has 4 rings (SSSR count). The van der Waals surface area contributed by atoms with E-state index in [9.17, 15) is 9.90 Å². The molecule has 1 aliphatic rings. The van der Waals surface area contributed by atoms with Gasteiger partial charge in [-0.1, -0.05) is 12.1 Å². The van der Waals surface area contributed by atoms with Gasteiger partial charge in [-0.2, -0.15) is 0 Å². The van der Waals surface area contributed by atoms with Crippen LogP contribution in [0.25, 0.3) is 11.1 Å². The summed E-state index contributed by atoms with van der Waals surface area (Å²) < 4.78 is 16.8. The van der Waals surface area contributed by atoms with Gasteiger partial charge >= 0.3 is 5.97 Å². The molecule has 0 atom stereocenters. The maximum atomic E-state index is 12.2. The van der Waals surface area contributed by atoms with Crippen molar-refractivity contribution in [1.29, 1.82) is 0 Å².